The minimum atomic E-state index is -3.58. The fourth-order valence-corrected chi connectivity index (χ4v) is 4.21. The number of morpholine rings is 1. The largest absolute Gasteiger partial charge is 0.387 e. The van der Waals surface area contributed by atoms with Crippen molar-refractivity contribution in [2.24, 2.45) is 0 Å². The molecular weight excluding hydrogens is 368 g/mol. The van der Waals surface area contributed by atoms with Crippen molar-refractivity contribution in [3.63, 3.8) is 0 Å². The van der Waals surface area contributed by atoms with E-state index in [0.717, 1.165) is 0 Å². The van der Waals surface area contributed by atoms with Crippen LogP contribution in [0, 0.1) is 0 Å². The van der Waals surface area contributed by atoms with Gasteiger partial charge in [0.15, 0.2) is 0 Å². The van der Waals surface area contributed by atoms with Gasteiger partial charge in [0, 0.05) is 25.2 Å². The van der Waals surface area contributed by atoms with Crippen LogP contribution >= 0.6 is 0 Å². The number of aliphatic hydroxyl groups excluding tert-OH is 1. The summed E-state index contributed by atoms with van der Waals surface area (Å²) in [6, 6.07) is 14.8. The van der Waals surface area contributed by atoms with Gasteiger partial charge in [-0.1, -0.05) is 30.3 Å². The van der Waals surface area contributed by atoms with Crippen LogP contribution in [-0.2, 0) is 14.8 Å². The summed E-state index contributed by atoms with van der Waals surface area (Å²) >= 11 is 0. The SMILES string of the molecule is O=C(NC[C@@H](O)c1ccccc1)c1ccc(S(=O)(=O)N2CCOCC2)cc1. The zero-order valence-corrected chi connectivity index (χ0v) is 15.6. The van der Waals surface area contributed by atoms with Gasteiger partial charge in [0.2, 0.25) is 10.0 Å². The first kappa shape index (κ1) is 19.5. The molecule has 0 spiro atoms. The Hall–Kier alpha value is -2.26. The summed E-state index contributed by atoms with van der Waals surface area (Å²) in [7, 11) is -3.58. The Bertz CT molecular complexity index is 863. The van der Waals surface area contributed by atoms with Crippen LogP contribution in [0.5, 0.6) is 0 Å². The van der Waals surface area contributed by atoms with E-state index < -0.39 is 16.1 Å². The third-order valence-electron chi connectivity index (χ3n) is 4.36. The molecular formula is C19H22N2O5S. The second-order valence-corrected chi connectivity index (χ2v) is 8.12. The standard InChI is InChI=1S/C19H22N2O5S/c22-18(15-4-2-1-3-5-15)14-20-19(23)16-6-8-17(9-7-16)27(24,25)21-10-12-26-13-11-21/h1-9,18,22H,10-14H2,(H,20,23)/t18-/m1/s1. The fourth-order valence-electron chi connectivity index (χ4n) is 2.80. The molecule has 1 atom stereocenters. The summed E-state index contributed by atoms with van der Waals surface area (Å²) < 4.78 is 31.7. The molecule has 7 nitrogen and oxygen atoms in total. The number of nitrogens with one attached hydrogen (secondary N) is 1. The fraction of sp³-hybridized carbons (Fsp3) is 0.316. The van der Waals surface area contributed by atoms with Crippen molar-refractivity contribution in [1.82, 2.24) is 9.62 Å². The van der Waals surface area contributed by atoms with E-state index in [9.17, 15) is 18.3 Å². The summed E-state index contributed by atoms with van der Waals surface area (Å²) in [5.74, 6) is -0.375. The second kappa shape index (κ2) is 8.62. The van der Waals surface area contributed by atoms with E-state index >= 15 is 0 Å². The van der Waals surface area contributed by atoms with Gasteiger partial charge < -0.3 is 15.2 Å². The maximum atomic E-state index is 12.6. The molecule has 1 fully saturated rings. The lowest BCUT2D eigenvalue weighted by molar-refractivity contribution is 0.0730. The van der Waals surface area contributed by atoms with Gasteiger partial charge in [-0.15, -0.1) is 0 Å². The summed E-state index contributed by atoms with van der Waals surface area (Å²) in [5, 5.41) is 12.8. The monoisotopic (exact) mass is 390 g/mol. The van der Waals surface area contributed by atoms with Crippen molar-refractivity contribution in [1.29, 1.82) is 0 Å². The molecule has 1 saturated heterocycles. The smallest absolute Gasteiger partial charge is 0.251 e. The predicted molar refractivity (Wildman–Crippen MR) is 99.8 cm³/mol. The maximum Gasteiger partial charge on any atom is 0.251 e. The molecule has 3 rings (SSSR count). The summed E-state index contributed by atoms with van der Waals surface area (Å²) in [5.41, 5.74) is 1.04. The Labute approximate surface area is 158 Å². The number of carbonyl (C=O) groups is 1. The van der Waals surface area contributed by atoms with Crippen LogP contribution in [-0.4, -0.2) is 56.6 Å². The van der Waals surface area contributed by atoms with Crippen LogP contribution in [0.25, 0.3) is 0 Å². The van der Waals surface area contributed by atoms with Crippen LogP contribution in [0.1, 0.15) is 22.0 Å². The van der Waals surface area contributed by atoms with E-state index in [2.05, 4.69) is 5.32 Å². The molecule has 0 aliphatic carbocycles. The molecule has 0 radical (unpaired) electrons. The molecule has 1 amide bonds. The van der Waals surface area contributed by atoms with E-state index in [1.807, 2.05) is 18.2 Å². The highest BCUT2D eigenvalue weighted by Crippen LogP contribution is 2.18. The molecule has 0 unspecified atom stereocenters. The highest BCUT2D eigenvalue weighted by Gasteiger charge is 2.26. The topological polar surface area (TPSA) is 95.9 Å². The van der Waals surface area contributed by atoms with Crippen molar-refractivity contribution >= 4 is 15.9 Å². The number of rotatable bonds is 6. The van der Waals surface area contributed by atoms with E-state index in [1.54, 1.807) is 12.1 Å². The molecule has 27 heavy (non-hydrogen) atoms. The number of benzene rings is 2. The molecule has 144 valence electrons. The van der Waals surface area contributed by atoms with E-state index in [4.69, 9.17) is 4.74 Å². The molecule has 8 heteroatoms. The minimum Gasteiger partial charge on any atom is -0.387 e. The quantitative estimate of drug-likeness (QED) is 0.772. The van der Waals surface area contributed by atoms with Crippen LogP contribution in [0.3, 0.4) is 0 Å². The number of ether oxygens (including phenoxy) is 1. The number of sulfonamides is 1. The molecule has 0 saturated carbocycles. The molecule has 1 heterocycles. The average Bonchev–Trinajstić information content (AvgIpc) is 2.73. The van der Waals surface area contributed by atoms with Crippen LogP contribution in [0.2, 0.25) is 0 Å². The number of carbonyl (C=O) groups excluding carboxylic acids is 1. The molecule has 1 aliphatic rings. The lowest BCUT2D eigenvalue weighted by Gasteiger charge is -2.26. The Morgan fingerprint density at radius 1 is 1.07 bits per heavy atom. The highest BCUT2D eigenvalue weighted by molar-refractivity contribution is 7.89. The van der Waals surface area contributed by atoms with Crippen LogP contribution < -0.4 is 5.32 Å². The summed E-state index contributed by atoms with van der Waals surface area (Å²) in [4.78, 5) is 12.4. The van der Waals surface area contributed by atoms with Crippen molar-refractivity contribution < 1.29 is 23.1 Å². The molecule has 0 aromatic heterocycles. The van der Waals surface area contributed by atoms with E-state index in [-0.39, 0.29) is 17.3 Å². The molecule has 0 bridgehead atoms. The third-order valence-corrected chi connectivity index (χ3v) is 6.28. The van der Waals surface area contributed by atoms with Gasteiger partial charge in [0.1, 0.15) is 0 Å². The van der Waals surface area contributed by atoms with Gasteiger partial charge in [0.25, 0.3) is 5.91 Å². The van der Waals surface area contributed by atoms with Crippen molar-refractivity contribution in [2.45, 2.75) is 11.0 Å². The van der Waals surface area contributed by atoms with Crippen LogP contribution in [0.15, 0.2) is 59.5 Å². The first-order valence-corrected chi connectivity index (χ1v) is 10.1. The van der Waals surface area contributed by atoms with Gasteiger partial charge in [-0.25, -0.2) is 8.42 Å². The summed E-state index contributed by atoms with van der Waals surface area (Å²) in [6.07, 6.45) is -0.809. The second-order valence-electron chi connectivity index (χ2n) is 6.18. The molecule has 2 N–H and O–H groups in total. The van der Waals surface area contributed by atoms with E-state index in [1.165, 1.54) is 28.6 Å². The van der Waals surface area contributed by atoms with Gasteiger partial charge in [-0.2, -0.15) is 4.31 Å². The number of hydrogen-bond donors (Lipinski definition) is 2. The number of amides is 1. The summed E-state index contributed by atoms with van der Waals surface area (Å²) in [6.45, 7) is 1.47. The number of nitrogens with zero attached hydrogens (tertiary/aromatic N) is 1. The average molecular weight is 390 g/mol. The molecule has 2 aromatic rings. The number of aliphatic hydroxyl groups is 1. The third kappa shape index (κ3) is 4.72. The maximum absolute atomic E-state index is 12.6. The van der Waals surface area contributed by atoms with Crippen molar-refractivity contribution in [3.8, 4) is 0 Å². The zero-order chi connectivity index (χ0) is 19.3. The first-order valence-electron chi connectivity index (χ1n) is 8.67. The van der Waals surface area contributed by atoms with Crippen LogP contribution in [0.4, 0.5) is 0 Å². The van der Waals surface area contributed by atoms with Gasteiger partial charge in [0.05, 0.1) is 24.2 Å². The van der Waals surface area contributed by atoms with Gasteiger partial charge >= 0.3 is 0 Å². The Morgan fingerprint density at radius 3 is 2.33 bits per heavy atom. The Balaban J connectivity index is 1.62. The highest BCUT2D eigenvalue weighted by atomic mass is 32.2. The minimum absolute atomic E-state index is 0.0661. The van der Waals surface area contributed by atoms with Crippen molar-refractivity contribution in [3.05, 3.63) is 65.7 Å². The van der Waals surface area contributed by atoms with E-state index in [0.29, 0.717) is 37.4 Å². The van der Waals surface area contributed by atoms with Crippen molar-refractivity contribution in [2.75, 3.05) is 32.8 Å². The number of hydrogen-bond acceptors (Lipinski definition) is 5. The Kier molecular flexibility index (Phi) is 6.22. The van der Waals surface area contributed by atoms with Gasteiger partial charge in [-0.3, -0.25) is 4.79 Å². The molecule has 2 aromatic carbocycles. The lowest BCUT2D eigenvalue weighted by Crippen LogP contribution is -2.40. The predicted octanol–water partition coefficient (Wildman–Crippen LogP) is 1.17. The Morgan fingerprint density at radius 2 is 1.70 bits per heavy atom. The normalized spacial score (nSPS) is 16.6. The lowest BCUT2D eigenvalue weighted by atomic mass is 10.1. The molecule has 1 aliphatic heterocycles. The first-order chi connectivity index (χ1) is 13.0. The zero-order valence-electron chi connectivity index (χ0n) is 14.7. The van der Waals surface area contributed by atoms with Gasteiger partial charge in [-0.05, 0) is 29.8 Å².